The van der Waals surface area contributed by atoms with Crippen LogP contribution in [0.4, 0.5) is 8.78 Å². The normalized spacial score (nSPS) is 14.6. The molecule has 15 nitrogen and oxygen atoms in total. The zero-order valence-corrected chi connectivity index (χ0v) is 36.5. The Bertz CT molecular complexity index is 2140. The van der Waals surface area contributed by atoms with E-state index in [0.717, 1.165) is 47.7 Å². The van der Waals surface area contributed by atoms with Crippen LogP contribution in [0.2, 0.25) is 0 Å². The van der Waals surface area contributed by atoms with Crippen LogP contribution in [0.3, 0.4) is 0 Å². The number of aliphatic carboxylic acids is 1. The van der Waals surface area contributed by atoms with Gasteiger partial charge in [0.15, 0.2) is 0 Å². The van der Waals surface area contributed by atoms with E-state index in [1.165, 1.54) is 6.92 Å². The summed E-state index contributed by atoms with van der Waals surface area (Å²) in [5.41, 5.74) is 7.40. The van der Waals surface area contributed by atoms with Gasteiger partial charge in [0.05, 0.1) is 11.8 Å². The van der Waals surface area contributed by atoms with Crippen LogP contribution in [0.25, 0.3) is 11.1 Å². The number of aromatic nitrogens is 1. The lowest BCUT2D eigenvalue weighted by Gasteiger charge is -2.41. The number of carboxylic acids is 1. The molecule has 1 aliphatic heterocycles. The van der Waals surface area contributed by atoms with E-state index in [4.69, 9.17) is 5.73 Å². The molecule has 4 unspecified atom stereocenters. The molecule has 4 atom stereocenters. The highest BCUT2D eigenvalue weighted by Crippen LogP contribution is 2.41. The van der Waals surface area contributed by atoms with E-state index < -0.39 is 89.2 Å². The molecule has 1 aliphatic rings. The molecule has 0 saturated heterocycles. The standard InChI is InChI=1S/C44H55F2N7O8S/c1-26(2)39(50-35(54)23-53-36(55)15-16-37(53)56)42(59)48-27(3)41(58)49-33(43(60)61)24-62-25-38(57)52(18-10-17-47)40(44(4,5)6)34-19-29(31-20-30(45)13-14-32(31)46)22-51(34)21-28-11-8-7-9-12-28/h7-9,11-16,19-20,22,26-27,33,39-40H,10,17-18,21,23-25,47H2,1-6H3,(H,48,59)(H,49,58)(H,50,54)(H,60,61). The van der Waals surface area contributed by atoms with Gasteiger partial charge in [-0.25, -0.2) is 13.6 Å². The molecule has 0 aliphatic carbocycles. The molecular weight excluding hydrogens is 825 g/mol. The first-order chi connectivity index (χ1) is 29.2. The van der Waals surface area contributed by atoms with Crippen LogP contribution >= 0.6 is 11.8 Å². The number of nitrogens with two attached hydrogens (primary N) is 1. The summed E-state index contributed by atoms with van der Waals surface area (Å²) in [5, 5.41) is 17.4. The van der Waals surface area contributed by atoms with Crippen molar-refractivity contribution in [1.82, 2.24) is 30.3 Å². The topological polar surface area (TPSA) is 213 Å². The Balaban J connectivity index is 1.48. The number of rotatable bonds is 21. The van der Waals surface area contributed by atoms with E-state index in [2.05, 4.69) is 16.0 Å². The zero-order chi connectivity index (χ0) is 45.9. The van der Waals surface area contributed by atoms with E-state index in [1.54, 1.807) is 31.0 Å². The Hall–Kier alpha value is -5.88. The number of amides is 6. The van der Waals surface area contributed by atoms with Gasteiger partial charge in [0, 0.05) is 54.0 Å². The third kappa shape index (κ3) is 13.1. The van der Waals surface area contributed by atoms with Crippen molar-refractivity contribution in [3.05, 3.63) is 95.8 Å². The maximum Gasteiger partial charge on any atom is 0.327 e. The van der Waals surface area contributed by atoms with Crippen LogP contribution in [0.5, 0.6) is 0 Å². The number of nitrogens with one attached hydrogen (secondary N) is 3. The lowest BCUT2D eigenvalue weighted by molar-refractivity contribution is -0.141. The fourth-order valence-corrected chi connectivity index (χ4v) is 7.86. The van der Waals surface area contributed by atoms with Gasteiger partial charge in [0.2, 0.25) is 23.6 Å². The van der Waals surface area contributed by atoms with Gasteiger partial charge < -0.3 is 36.3 Å². The second-order valence-corrected chi connectivity index (χ2v) is 17.4. The molecule has 4 rings (SSSR count). The molecule has 0 spiro atoms. The molecule has 0 radical (unpaired) electrons. The Morgan fingerprint density at radius 3 is 2.16 bits per heavy atom. The number of carbonyl (C=O) groups excluding carboxylic acids is 6. The summed E-state index contributed by atoms with van der Waals surface area (Å²) in [5.74, 6) is -7.55. The zero-order valence-electron chi connectivity index (χ0n) is 35.7. The van der Waals surface area contributed by atoms with Gasteiger partial charge in [-0.15, -0.1) is 11.8 Å². The number of imide groups is 1. The van der Waals surface area contributed by atoms with E-state index in [1.807, 2.05) is 55.7 Å². The van der Waals surface area contributed by atoms with Crippen LogP contribution in [0, 0.1) is 23.0 Å². The maximum atomic E-state index is 15.2. The number of nitrogens with zero attached hydrogens (tertiary/aromatic N) is 3. The maximum absolute atomic E-state index is 15.2. The van der Waals surface area contributed by atoms with Gasteiger partial charge >= 0.3 is 5.97 Å². The van der Waals surface area contributed by atoms with Crippen LogP contribution in [0.1, 0.15) is 65.3 Å². The Labute approximate surface area is 363 Å². The third-order valence-corrected chi connectivity index (χ3v) is 11.1. The first kappa shape index (κ1) is 48.8. The third-order valence-electron chi connectivity index (χ3n) is 10.0. The molecule has 2 heterocycles. The fourth-order valence-electron chi connectivity index (χ4n) is 6.94. The van der Waals surface area contributed by atoms with Crippen LogP contribution in [-0.4, -0.2) is 110 Å². The number of hydrogen-bond acceptors (Lipinski definition) is 9. The van der Waals surface area contributed by atoms with Gasteiger partial charge in [0.25, 0.3) is 11.8 Å². The molecule has 0 fully saturated rings. The molecule has 0 saturated carbocycles. The highest BCUT2D eigenvalue weighted by molar-refractivity contribution is 8.00. The SMILES string of the molecule is CC(NC(=O)C(NC(=O)CN1C(=O)C=CC1=O)C(C)C)C(=O)NC(CSCC(=O)N(CCCN)C(c1cc(-c2cc(F)ccc2F)cn1Cc1ccccc1)C(C)(C)C)C(=O)O. The van der Waals surface area contributed by atoms with E-state index >= 15 is 4.39 Å². The molecule has 6 N–H and O–H groups in total. The molecule has 62 heavy (non-hydrogen) atoms. The van der Waals surface area contributed by atoms with Crippen molar-refractivity contribution in [2.24, 2.45) is 17.1 Å². The number of carboxylic acid groups (broad SMARTS) is 1. The second-order valence-electron chi connectivity index (χ2n) is 16.4. The van der Waals surface area contributed by atoms with Crippen LogP contribution < -0.4 is 21.7 Å². The fraction of sp³-hybridized carbons (Fsp3) is 0.432. The second kappa shape index (κ2) is 21.8. The highest BCUT2D eigenvalue weighted by Gasteiger charge is 2.38. The Morgan fingerprint density at radius 1 is 0.903 bits per heavy atom. The largest absolute Gasteiger partial charge is 0.480 e. The van der Waals surface area contributed by atoms with Crippen molar-refractivity contribution in [1.29, 1.82) is 0 Å². The number of halogens is 2. The van der Waals surface area contributed by atoms with Crippen LogP contribution in [0.15, 0.2) is 72.9 Å². The minimum atomic E-state index is -1.47. The van der Waals surface area contributed by atoms with Crippen molar-refractivity contribution >= 4 is 53.2 Å². The van der Waals surface area contributed by atoms with Crippen molar-refractivity contribution in [2.75, 3.05) is 31.1 Å². The van der Waals surface area contributed by atoms with Gasteiger partial charge in [0.1, 0.15) is 36.3 Å². The number of thioether (sulfide) groups is 1. The summed E-state index contributed by atoms with van der Waals surface area (Å²) < 4.78 is 31.5. The quantitative estimate of drug-likeness (QED) is 0.0981. The lowest BCUT2D eigenvalue weighted by Crippen LogP contribution is -2.57. The summed E-state index contributed by atoms with van der Waals surface area (Å²) in [6.45, 7) is 10.7. The monoisotopic (exact) mass is 879 g/mol. The Kier molecular flexibility index (Phi) is 17.1. The van der Waals surface area contributed by atoms with Gasteiger partial charge in [-0.1, -0.05) is 65.0 Å². The minimum absolute atomic E-state index is 0.0617. The predicted molar refractivity (Wildman–Crippen MR) is 230 cm³/mol. The minimum Gasteiger partial charge on any atom is -0.480 e. The van der Waals surface area contributed by atoms with E-state index in [9.17, 15) is 43.1 Å². The summed E-state index contributed by atoms with van der Waals surface area (Å²) >= 11 is 0.984. The summed E-state index contributed by atoms with van der Waals surface area (Å²) in [7, 11) is 0. The highest BCUT2D eigenvalue weighted by atomic mass is 32.2. The summed E-state index contributed by atoms with van der Waals surface area (Å²) in [4.78, 5) is 91.7. The average Bonchev–Trinajstić information content (AvgIpc) is 3.75. The van der Waals surface area contributed by atoms with Crippen molar-refractivity contribution in [3.8, 4) is 11.1 Å². The number of hydrogen-bond donors (Lipinski definition) is 5. The summed E-state index contributed by atoms with van der Waals surface area (Å²) in [6.07, 6.45) is 4.22. The van der Waals surface area contributed by atoms with E-state index in [-0.39, 0.29) is 36.1 Å². The average molecular weight is 880 g/mol. The number of benzene rings is 2. The molecule has 18 heteroatoms. The summed E-state index contributed by atoms with van der Waals surface area (Å²) in [6, 6.07) is 10.0. The molecule has 0 bridgehead atoms. The Morgan fingerprint density at radius 2 is 1.56 bits per heavy atom. The lowest BCUT2D eigenvalue weighted by atomic mass is 9.83. The molecule has 1 aromatic heterocycles. The first-order valence-electron chi connectivity index (χ1n) is 20.1. The van der Waals surface area contributed by atoms with Gasteiger partial charge in [-0.05, 0) is 61.1 Å². The van der Waals surface area contributed by atoms with Gasteiger partial charge in [-0.2, -0.15) is 0 Å². The molecular formula is C44H55F2N7O8S. The smallest absolute Gasteiger partial charge is 0.327 e. The van der Waals surface area contributed by atoms with Gasteiger partial charge in [-0.3, -0.25) is 33.7 Å². The van der Waals surface area contributed by atoms with Crippen molar-refractivity contribution in [3.63, 3.8) is 0 Å². The molecule has 6 amide bonds. The number of carbonyl (C=O) groups is 7. The molecule has 334 valence electrons. The molecule has 3 aromatic rings. The predicted octanol–water partition coefficient (Wildman–Crippen LogP) is 3.62. The van der Waals surface area contributed by atoms with Crippen LogP contribution in [-0.2, 0) is 40.1 Å². The van der Waals surface area contributed by atoms with Crippen molar-refractivity contribution in [2.45, 2.75) is 78.7 Å². The first-order valence-corrected chi connectivity index (χ1v) is 21.3. The van der Waals surface area contributed by atoms with Crippen molar-refractivity contribution < 1.29 is 47.4 Å². The molecule has 2 aromatic carbocycles. The van der Waals surface area contributed by atoms with E-state index in [0.29, 0.717) is 29.1 Å².